The van der Waals surface area contributed by atoms with Crippen molar-refractivity contribution < 1.29 is 15.0 Å². The van der Waals surface area contributed by atoms with E-state index in [1.54, 1.807) is 30.6 Å². The quantitative estimate of drug-likeness (QED) is 0.649. The summed E-state index contributed by atoms with van der Waals surface area (Å²) in [6.07, 6.45) is 4.26. The first kappa shape index (κ1) is 18.1. The van der Waals surface area contributed by atoms with E-state index in [9.17, 15) is 15.0 Å². The number of hydrogen-bond acceptors (Lipinski definition) is 6. The van der Waals surface area contributed by atoms with Gasteiger partial charge in [0.2, 0.25) is 0 Å². The van der Waals surface area contributed by atoms with Gasteiger partial charge in [-0.25, -0.2) is 9.97 Å². The molecule has 0 saturated carbocycles. The number of aliphatic hydroxyl groups excluding tert-OH is 1. The number of carbonyl (C=O) groups is 1. The van der Waals surface area contributed by atoms with Crippen LogP contribution in [-0.4, -0.2) is 36.8 Å². The van der Waals surface area contributed by atoms with Crippen LogP contribution in [0.15, 0.2) is 23.9 Å². The summed E-state index contributed by atoms with van der Waals surface area (Å²) in [7, 11) is 0. The van der Waals surface area contributed by atoms with E-state index in [4.69, 9.17) is 11.5 Å². The molecule has 3 rings (SSSR count). The van der Waals surface area contributed by atoms with Crippen molar-refractivity contribution in [3.8, 4) is 0 Å². The van der Waals surface area contributed by atoms with Crippen LogP contribution in [0.25, 0.3) is 16.9 Å². The molecule has 0 fully saturated rings. The number of amides is 1. The maximum atomic E-state index is 12.0. The van der Waals surface area contributed by atoms with Gasteiger partial charge in [-0.2, -0.15) is 0 Å². The number of allylic oxidation sites excluding steroid dienone is 2. The lowest BCUT2D eigenvalue weighted by Crippen LogP contribution is -2.24. The third-order valence-electron chi connectivity index (χ3n) is 4.70. The summed E-state index contributed by atoms with van der Waals surface area (Å²) in [4.78, 5) is 20.8. The van der Waals surface area contributed by atoms with Gasteiger partial charge in [0.05, 0.1) is 18.0 Å². The van der Waals surface area contributed by atoms with Crippen LogP contribution in [0.1, 0.15) is 43.7 Å². The topological polar surface area (TPSA) is 140 Å². The van der Waals surface area contributed by atoms with Crippen LogP contribution in [-0.2, 0) is 5.60 Å². The second-order valence-electron chi connectivity index (χ2n) is 7.15. The number of aromatic nitrogens is 3. The summed E-state index contributed by atoms with van der Waals surface area (Å²) in [5.41, 5.74) is 13.1. The van der Waals surface area contributed by atoms with Crippen LogP contribution >= 0.6 is 0 Å². The maximum Gasteiger partial charge on any atom is 0.254 e. The smallest absolute Gasteiger partial charge is 0.254 e. The molecule has 8 heteroatoms. The van der Waals surface area contributed by atoms with Crippen LogP contribution in [0.2, 0.25) is 0 Å². The zero-order valence-corrected chi connectivity index (χ0v) is 15.2. The number of aliphatic hydroxyl groups is 2. The van der Waals surface area contributed by atoms with Gasteiger partial charge in [0, 0.05) is 11.6 Å². The van der Waals surface area contributed by atoms with Crippen LogP contribution < -0.4 is 11.5 Å². The average Bonchev–Trinajstić information content (AvgIpc) is 2.82. The number of nitrogens with zero attached hydrogens (tertiary/aromatic N) is 3. The van der Waals surface area contributed by atoms with Crippen molar-refractivity contribution in [3.05, 3.63) is 35.2 Å². The van der Waals surface area contributed by atoms with E-state index in [2.05, 4.69) is 9.97 Å². The highest BCUT2D eigenvalue weighted by molar-refractivity contribution is 6.10. The van der Waals surface area contributed by atoms with E-state index in [0.29, 0.717) is 11.3 Å². The Morgan fingerprint density at radius 2 is 2.04 bits per heavy atom. The Morgan fingerprint density at radius 3 is 2.62 bits per heavy atom. The molecule has 0 saturated heterocycles. The Labute approximate surface area is 150 Å². The van der Waals surface area contributed by atoms with Gasteiger partial charge in [0.25, 0.3) is 5.91 Å². The fourth-order valence-corrected chi connectivity index (χ4v) is 3.24. The predicted molar refractivity (Wildman–Crippen MR) is 98.9 cm³/mol. The minimum Gasteiger partial charge on any atom is -0.388 e. The van der Waals surface area contributed by atoms with Gasteiger partial charge in [0.1, 0.15) is 22.5 Å². The number of hydrogen-bond donors (Lipinski definition) is 4. The average molecular weight is 357 g/mol. The summed E-state index contributed by atoms with van der Waals surface area (Å²) in [6.45, 7) is 6.90. The van der Waals surface area contributed by atoms with E-state index in [1.807, 2.05) is 13.8 Å². The first-order chi connectivity index (χ1) is 12.0. The standard InChI is InChI=1S/C18H23N5O3/c1-8-5-6-10(24)9(2)14(8)23-15(19)12(16(20)25)13-17(23)21-7-11(22-13)18(3,4)26/h5-7,9-10,24,26H,19H2,1-4H3,(H2,20,25)/t9-,10-/m1/s1. The molecule has 2 aromatic rings. The first-order valence-corrected chi connectivity index (χ1v) is 8.31. The first-order valence-electron chi connectivity index (χ1n) is 8.31. The minimum atomic E-state index is -1.24. The Bertz CT molecular complexity index is 965. The Hall–Kier alpha value is -2.71. The largest absolute Gasteiger partial charge is 0.388 e. The van der Waals surface area contributed by atoms with Crippen LogP contribution in [0.4, 0.5) is 5.82 Å². The molecule has 8 nitrogen and oxygen atoms in total. The zero-order valence-electron chi connectivity index (χ0n) is 15.2. The molecule has 2 aromatic heterocycles. The second kappa shape index (κ2) is 5.93. The molecule has 2 atom stereocenters. The zero-order chi connectivity index (χ0) is 19.4. The molecule has 0 unspecified atom stereocenters. The van der Waals surface area contributed by atoms with Gasteiger partial charge < -0.3 is 21.7 Å². The maximum absolute atomic E-state index is 12.0. The summed E-state index contributed by atoms with van der Waals surface area (Å²) >= 11 is 0. The number of rotatable bonds is 3. The number of nitrogens with two attached hydrogens (primary N) is 2. The Morgan fingerprint density at radius 1 is 1.38 bits per heavy atom. The van der Waals surface area contributed by atoms with E-state index in [-0.39, 0.29) is 22.8 Å². The van der Waals surface area contributed by atoms with Crippen molar-refractivity contribution in [2.45, 2.75) is 39.4 Å². The van der Waals surface area contributed by atoms with Crippen molar-refractivity contribution >= 4 is 28.6 Å². The number of primary amides is 1. The van der Waals surface area contributed by atoms with E-state index < -0.39 is 17.6 Å². The number of nitrogen functional groups attached to an aromatic ring is 1. The Balaban J connectivity index is 2.39. The molecule has 2 heterocycles. The summed E-state index contributed by atoms with van der Waals surface area (Å²) in [6, 6.07) is 0. The number of fused-ring (bicyclic) bond motifs is 1. The lowest BCUT2D eigenvalue weighted by Gasteiger charge is -2.27. The van der Waals surface area contributed by atoms with Crippen molar-refractivity contribution in [1.82, 2.24) is 14.5 Å². The highest BCUT2D eigenvalue weighted by Crippen LogP contribution is 2.37. The lowest BCUT2D eigenvalue weighted by atomic mass is 9.91. The highest BCUT2D eigenvalue weighted by Gasteiger charge is 2.31. The molecule has 0 bridgehead atoms. The van der Waals surface area contributed by atoms with Crippen LogP contribution in [0.3, 0.4) is 0 Å². The molecule has 1 aliphatic rings. The molecule has 0 spiro atoms. The van der Waals surface area contributed by atoms with Crippen LogP contribution in [0.5, 0.6) is 0 Å². The normalized spacial score (nSPS) is 20.8. The van der Waals surface area contributed by atoms with E-state index >= 15 is 0 Å². The monoisotopic (exact) mass is 357 g/mol. The third-order valence-corrected chi connectivity index (χ3v) is 4.70. The molecule has 1 amide bonds. The molecule has 0 aliphatic heterocycles. The molecular weight excluding hydrogens is 334 g/mol. The van der Waals surface area contributed by atoms with Gasteiger partial charge in [-0.15, -0.1) is 0 Å². The second-order valence-corrected chi connectivity index (χ2v) is 7.15. The molecule has 138 valence electrons. The van der Waals surface area contributed by atoms with Gasteiger partial charge in [-0.3, -0.25) is 9.36 Å². The number of carbonyl (C=O) groups excluding carboxylic acids is 1. The molecule has 6 N–H and O–H groups in total. The van der Waals surface area contributed by atoms with Crippen molar-refractivity contribution in [2.75, 3.05) is 5.73 Å². The van der Waals surface area contributed by atoms with Gasteiger partial charge in [-0.05, 0) is 26.3 Å². The van der Waals surface area contributed by atoms with E-state index in [0.717, 1.165) is 11.3 Å². The summed E-state index contributed by atoms with van der Waals surface area (Å²) < 4.78 is 1.61. The van der Waals surface area contributed by atoms with Crippen LogP contribution in [0, 0.1) is 5.92 Å². The van der Waals surface area contributed by atoms with E-state index in [1.165, 1.54) is 6.20 Å². The van der Waals surface area contributed by atoms with Gasteiger partial charge >= 0.3 is 0 Å². The molecular formula is C18H23N5O3. The molecule has 0 aromatic carbocycles. The molecule has 1 aliphatic carbocycles. The minimum absolute atomic E-state index is 0.0511. The summed E-state index contributed by atoms with van der Waals surface area (Å²) in [5, 5.41) is 20.4. The van der Waals surface area contributed by atoms with Gasteiger partial charge in [-0.1, -0.05) is 19.1 Å². The van der Waals surface area contributed by atoms with Crippen molar-refractivity contribution in [2.24, 2.45) is 11.7 Å². The Kier molecular flexibility index (Phi) is 4.12. The van der Waals surface area contributed by atoms with Gasteiger partial charge in [0.15, 0.2) is 5.65 Å². The highest BCUT2D eigenvalue weighted by atomic mass is 16.3. The lowest BCUT2D eigenvalue weighted by molar-refractivity contribution is 0.0737. The van der Waals surface area contributed by atoms with Crippen molar-refractivity contribution in [1.29, 1.82) is 0 Å². The summed E-state index contributed by atoms with van der Waals surface area (Å²) in [5.74, 6) is -0.885. The number of anilines is 1. The molecule has 0 radical (unpaired) electrons. The fourth-order valence-electron chi connectivity index (χ4n) is 3.24. The fraction of sp³-hybridized carbons (Fsp3) is 0.389. The molecule has 26 heavy (non-hydrogen) atoms. The third kappa shape index (κ3) is 2.67. The van der Waals surface area contributed by atoms with Crippen molar-refractivity contribution in [3.63, 3.8) is 0 Å². The SMILES string of the molecule is CC1=C(n2c(N)c(C(N)=O)c3nc(C(C)(C)O)cnc32)[C@H](C)[C@H](O)C=C1. The predicted octanol–water partition coefficient (Wildman–Crippen LogP) is 1.14.